The van der Waals surface area contributed by atoms with E-state index in [0.29, 0.717) is 32.4 Å². The van der Waals surface area contributed by atoms with Crippen molar-refractivity contribution >= 4 is 21.7 Å². The third-order valence-corrected chi connectivity index (χ3v) is 10.7. The molecule has 1 aromatic heterocycles. The number of aryl methyl sites for hydroxylation is 1. The van der Waals surface area contributed by atoms with Gasteiger partial charge in [-0.25, -0.2) is 8.42 Å². The number of benzene rings is 1. The summed E-state index contributed by atoms with van der Waals surface area (Å²) in [5, 5.41) is 0. The van der Waals surface area contributed by atoms with E-state index in [1.54, 1.807) is 4.90 Å². The van der Waals surface area contributed by atoms with Gasteiger partial charge in [-0.2, -0.15) is 4.31 Å². The molecule has 4 rings (SSSR count). The normalized spacial score (nSPS) is 22.9. The van der Waals surface area contributed by atoms with Crippen molar-refractivity contribution in [2.24, 2.45) is 23.8 Å². The van der Waals surface area contributed by atoms with Crippen molar-refractivity contribution in [2.45, 2.75) is 59.5 Å². The van der Waals surface area contributed by atoms with Gasteiger partial charge in [0, 0.05) is 43.9 Å². The summed E-state index contributed by atoms with van der Waals surface area (Å²) in [6.45, 7) is 6.81. The number of sulfonamides is 1. The highest BCUT2D eigenvalue weighted by atomic mass is 32.2. The van der Waals surface area contributed by atoms with Gasteiger partial charge in [-0.05, 0) is 48.3 Å². The Morgan fingerprint density at radius 2 is 1.83 bits per heavy atom. The second-order valence-electron chi connectivity index (χ2n) is 11.1. The molecule has 0 N–H and O–H groups in total. The molecule has 7 nitrogen and oxygen atoms in total. The zero-order valence-electron chi connectivity index (χ0n) is 21.9. The second-order valence-corrected chi connectivity index (χ2v) is 13.1. The van der Waals surface area contributed by atoms with Crippen LogP contribution in [0.1, 0.15) is 57.7 Å². The molecule has 0 radical (unpaired) electrons. The summed E-state index contributed by atoms with van der Waals surface area (Å²) in [5.41, 5.74) is 0.765. The van der Waals surface area contributed by atoms with Crippen molar-refractivity contribution in [3.8, 4) is 0 Å². The molecule has 2 unspecified atom stereocenters. The van der Waals surface area contributed by atoms with Crippen molar-refractivity contribution in [2.75, 3.05) is 18.8 Å². The molecule has 8 heteroatoms. The Bertz CT molecular complexity index is 1200. The molecular formula is C28H39N3O4S. The summed E-state index contributed by atoms with van der Waals surface area (Å²) in [7, 11) is -1.89. The van der Waals surface area contributed by atoms with Crippen LogP contribution in [0.15, 0.2) is 48.7 Å². The summed E-state index contributed by atoms with van der Waals surface area (Å²) < 4.78 is 30.8. The maximum absolute atomic E-state index is 13.8. The van der Waals surface area contributed by atoms with Crippen LogP contribution in [0.5, 0.6) is 0 Å². The van der Waals surface area contributed by atoms with Crippen molar-refractivity contribution in [3.05, 3.63) is 59.9 Å². The molecule has 0 aliphatic heterocycles. The lowest BCUT2D eigenvalue weighted by atomic mass is 9.70. The monoisotopic (exact) mass is 513 g/mol. The van der Waals surface area contributed by atoms with Crippen molar-refractivity contribution in [1.29, 1.82) is 0 Å². The Kier molecular flexibility index (Phi) is 7.49. The number of hydrogen-bond donors (Lipinski definition) is 0. The third-order valence-electron chi connectivity index (χ3n) is 8.72. The molecule has 1 aromatic carbocycles. The first-order valence-corrected chi connectivity index (χ1v) is 14.5. The van der Waals surface area contributed by atoms with Crippen LogP contribution in [0.4, 0.5) is 0 Å². The molecule has 2 aromatic rings. The van der Waals surface area contributed by atoms with Gasteiger partial charge in [0.2, 0.25) is 15.9 Å². The van der Waals surface area contributed by atoms with Crippen LogP contribution < -0.4 is 0 Å². The van der Waals surface area contributed by atoms with Gasteiger partial charge in [0.05, 0.1) is 18.8 Å². The Balaban J connectivity index is 1.57. The Morgan fingerprint density at radius 3 is 2.39 bits per heavy atom. The third kappa shape index (κ3) is 4.90. The fraction of sp³-hybridized carbons (Fsp3) is 0.571. The zero-order valence-corrected chi connectivity index (χ0v) is 22.8. The van der Waals surface area contributed by atoms with Crippen molar-refractivity contribution in [1.82, 2.24) is 13.8 Å². The number of ketones is 1. The first kappa shape index (κ1) is 26.6. The topological polar surface area (TPSA) is 79.7 Å². The summed E-state index contributed by atoms with van der Waals surface area (Å²) in [5.74, 6) is -0.125. The molecule has 36 heavy (non-hydrogen) atoms. The smallest absolute Gasteiger partial charge is 0.238 e. The number of Topliss-reactive ketones (excluding diaryl/α,β-unsaturated/α-hetero) is 1. The fourth-order valence-electron chi connectivity index (χ4n) is 6.22. The number of carbonyl (C=O) groups excluding carboxylic acids is 2. The minimum absolute atomic E-state index is 0.0736. The molecule has 0 spiro atoms. The van der Waals surface area contributed by atoms with Crippen LogP contribution >= 0.6 is 0 Å². The lowest BCUT2D eigenvalue weighted by Crippen LogP contribution is -2.49. The van der Waals surface area contributed by atoms with Crippen molar-refractivity contribution in [3.63, 3.8) is 0 Å². The lowest BCUT2D eigenvalue weighted by Gasteiger charge is -2.37. The minimum Gasteiger partial charge on any atom is -0.353 e. The molecule has 2 aliphatic rings. The number of carbonyl (C=O) groups is 2. The first-order chi connectivity index (χ1) is 17.0. The van der Waals surface area contributed by atoms with E-state index in [-0.39, 0.29) is 41.9 Å². The standard InChI is InChI=1S/C28H39N3O4S/c1-5-15-31(36(34,35)21-28-14-13-23(17-25(28)32)27(28,2)3)20-26(33)30(18-22-10-7-6-8-11-22)19-24-12-9-16-29(24)4/h6-12,16,23H,5,13-15,17-21H2,1-4H3. The molecule has 0 saturated heterocycles. The van der Waals surface area contributed by atoms with Gasteiger partial charge in [0.25, 0.3) is 0 Å². The van der Waals surface area contributed by atoms with Crippen LogP contribution in [0, 0.1) is 16.7 Å². The molecule has 2 fully saturated rings. The number of rotatable bonds is 11. The molecular weight excluding hydrogens is 474 g/mol. The van der Waals surface area contributed by atoms with Crippen molar-refractivity contribution < 1.29 is 18.0 Å². The molecule has 196 valence electrons. The maximum atomic E-state index is 13.8. The van der Waals surface area contributed by atoms with Crippen LogP contribution in [-0.2, 0) is 39.7 Å². The quantitative estimate of drug-likeness (QED) is 0.455. The van der Waals surface area contributed by atoms with E-state index in [4.69, 9.17) is 0 Å². The average Bonchev–Trinajstić information content (AvgIpc) is 3.39. The summed E-state index contributed by atoms with van der Waals surface area (Å²) >= 11 is 0. The number of nitrogens with zero attached hydrogens (tertiary/aromatic N) is 3. The Morgan fingerprint density at radius 1 is 1.11 bits per heavy atom. The number of hydrogen-bond acceptors (Lipinski definition) is 4. The average molecular weight is 514 g/mol. The van der Waals surface area contributed by atoms with E-state index in [0.717, 1.165) is 17.7 Å². The molecule has 2 aliphatic carbocycles. The van der Waals surface area contributed by atoms with Gasteiger partial charge >= 0.3 is 0 Å². The highest BCUT2D eigenvalue weighted by Crippen LogP contribution is 2.64. The summed E-state index contributed by atoms with van der Waals surface area (Å²) in [4.78, 5) is 28.4. The second kappa shape index (κ2) is 10.1. The van der Waals surface area contributed by atoms with Crippen LogP contribution in [0.3, 0.4) is 0 Å². The number of aromatic nitrogens is 1. The van der Waals surface area contributed by atoms with Crippen LogP contribution in [-0.4, -0.2) is 52.7 Å². The summed E-state index contributed by atoms with van der Waals surface area (Å²) in [6, 6.07) is 13.6. The van der Waals surface area contributed by atoms with Gasteiger partial charge in [0.15, 0.2) is 0 Å². The van der Waals surface area contributed by atoms with Crippen LogP contribution in [0.25, 0.3) is 0 Å². The van der Waals surface area contributed by atoms with Gasteiger partial charge in [-0.1, -0.05) is 51.1 Å². The van der Waals surface area contributed by atoms with E-state index in [2.05, 4.69) is 0 Å². The predicted octanol–water partition coefficient (Wildman–Crippen LogP) is 3.99. The van der Waals surface area contributed by atoms with E-state index < -0.39 is 15.4 Å². The highest BCUT2D eigenvalue weighted by Gasteiger charge is 2.65. The largest absolute Gasteiger partial charge is 0.353 e. The van der Waals surface area contributed by atoms with Gasteiger partial charge in [-0.3, -0.25) is 9.59 Å². The first-order valence-electron chi connectivity index (χ1n) is 12.9. The SMILES string of the molecule is CCCN(CC(=O)N(Cc1ccccc1)Cc1cccn1C)S(=O)(=O)CC12CCC(CC1=O)C2(C)C. The van der Waals surface area contributed by atoms with Gasteiger partial charge in [-0.15, -0.1) is 0 Å². The number of amides is 1. The molecule has 2 bridgehead atoms. The van der Waals surface area contributed by atoms with E-state index in [1.807, 2.05) is 81.0 Å². The summed E-state index contributed by atoms with van der Waals surface area (Å²) in [6.07, 6.45) is 4.50. The van der Waals surface area contributed by atoms with Crippen LogP contribution in [0.2, 0.25) is 0 Å². The van der Waals surface area contributed by atoms with E-state index in [9.17, 15) is 18.0 Å². The van der Waals surface area contributed by atoms with E-state index in [1.165, 1.54) is 4.31 Å². The number of fused-ring (bicyclic) bond motifs is 2. The van der Waals surface area contributed by atoms with Gasteiger partial charge in [0.1, 0.15) is 5.78 Å². The molecule has 2 saturated carbocycles. The lowest BCUT2D eigenvalue weighted by molar-refractivity contribution is -0.132. The Labute approximate surface area is 215 Å². The zero-order chi connectivity index (χ0) is 26.1. The fourth-order valence-corrected chi connectivity index (χ4v) is 8.47. The molecule has 1 amide bonds. The van der Waals surface area contributed by atoms with Gasteiger partial charge < -0.3 is 9.47 Å². The predicted molar refractivity (Wildman–Crippen MR) is 140 cm³/mol. The molecule has 1 heterocycles. The minimum atomic E-state index is -3.83. The Hall–Kier alpha value is -2.45. The highest BCUT2D eigenvalue weighted by molar-refractivity contribution is 7.89. The molecule has 2 atom stereocenters. The maximum Gasteiger partial charge on any atom is 0.238 e. The van der Waals surface area contributed by atoms with E-state index >= 15 is 0 Å².